The van der Waals surface area contributed by atoms with Crippen molar-refractivity contribution in [1.82, 2.24) is 19.1 Å². The Kier molecular flexibility index (Phi) is 6.61. The van der Waals surface area contributed by atoms with Crippen LogP contribution in [0.3, 0.4) is 0 Å². The number of ketones is 1. The third kappa shape index (κ3) is 4.69. The second-order valence-electron chi connectivity index (χ2n) is 9.83. The summed E-state index contributed by atoms with van der Waals surface area (Å²) in [7, 11) is 0. The van der Waals surface area contributed by atoms with E-state index in [-0.39, 0.29) is 29.0 Å². The predicted octanol–water partition coefficient (Wildman–Crippen LogP) is 5.50. The van der Waals surface area contributed by atoms with E-state index in [4.69, 9.17) is 0 Å². The zero-order chi connectivity index (χ0) is 27.4. The van der Waals surface area contributed by atoms with Crippen molar-refractivity contribution < 1.29 is 26.9 Å². The van der Waals surface area contributed by atoms with Gasteiger partial charge in [0.1, 0.15) is 5.82 Å². The van der Waals surface area contributed by atoms with E-state index in [1.807, 2.05) is 0 Å². The average molecular weight is 575 g/mol. The molecule has 0 amide bonds. The number of piperidine rings is 1. The summed E-state index contributed by atoms with van der Waals surface area (Å²) in [5.74, 6) is -0.573. The molecule has 2 aliphatic rings. The molecule has 3 atom stereocenters. The highest BCUT2D eigenvalue weighted by atomic mass is 32.2. The Balaban J connectivity index is 1.34. The Bertz CT molecular complexity index is 1490. The molecule has 1 saturated heterocycles. The first-order valence-corrected chi connectivity index (χ1v) is 14.2. The van der Waals surface area contributed by atoms with Crippen LogP contribution in [0.25, 0.3) is 5.69 Å². The lowest BCUT2D eigenvalue weighted by Crippen LogP contribution is -2.57. The van der Waals surface area contributed by atoms with Gasteiger partial charge in [-0.25, -0.2) is 14.1 Å². The number of rotatable bonds is 5. The van der Waals surface area contributed by atoms with Gasteiger partial charge >= 0.3 is 6.18 Å². The van der Waals surface area contributed by atoms with Crippen LogP contribution < -0.4 is 0 Å². The molecule has 0 spiro atoms. The van der Waals surface area contributed by atoms with Crippen molar-refractivity contribution in [3.63, 3.8) is 0 Å². The first-order valence-electron chi connectivity index (χ1n) is 12.3. The number of thiazole rings is 1. The minimum atomic E-state index is -4.49. The molecule has 2 aromatic heterocycles. The Labute approximate surface area is 228 Å². The van der Waals surface area contributed by atoms with Gasteiger partial charge in [-0.15, -0.1) is 15.6 Å². The molecule has 6 nitrogen and oxygen atoms in total. The molecule has 4 aromatic rings. The highest BCUT2D eigenvalue weighted by molar-refractivity contribution is 7.89. The summed E-state index contributed by atoms with van der Waals surface area (Å²) >= 11 is -0.502. The minimum Gasteiger partial charge on any atom is -0.593 e. The summed E-state index contributed by atoms with van der Waals surface area (Å²) in [6.45, 7) is 0.579. The zero-order valence-corrected chi connectivity index (χ0v) is 22.0. The summed E-state index contributed by atoms with van der Waals surface area (Å²) in [4.78, 5) is 18.5. The van der Waals surface area contributed by atoms with Crippen molar-refractivity contribution in [2.24, 2.45) is 11.3 Å². The van der Waals surface area contributed by atoms with Crippen LogP contribution in [-0.4, -0.2) is 42.5 Å². The maximum atomic E-state index is 14.0. The lowest BCUT2D eigenvalue weighted by atomic mass is 9.61. The molecule has 0 N–H and O–H groups in total. The Morgan fingerprint density at radius 2 is 1.87 bits per heavy atom. The molecule has 0 bridgehead atoms. The molecule has 2 aromatic carbocycles. The average Bonchev–Trinajstić information content (AvgIpc) is 3.61. The van der Waals surface area contributed by atoms with Gasteiger partial charge < -0.3 is 4.55 Å². The number of hydrogen-bond acceptors (Lipinski definition) is 6. The number of benzene rings is 2. The SMILES string of the molecule is O=C(c1nccs1)C12Cc3cnn(-c4ccc(F)cc4)c3CC1CCN([S+]([O-])c1ccc(C(F)(F)F)cc1)C2. The minimum absolute atomic E-state index is 0.0989. The standard InChI is InChI=1S/C27H22F4N4O2S2/c28-20-3-5-21(6-4-20)35-23-13-19-9-11-34(39(37)22-7-1-18(2-8-22)27(29,30)31)16-26(19,14-17(23)15-33-35)24(36)25-32-10-12-38-25/h1-8,10,12,15,19H,9,11,13-14,16H2. The van der Waals surface area contributed by atoms with E-state index in [0.29, 0.717) is 30.8 Å². The van der Waals surface area contributed by atoms with Crippen molar-refractivity contribution in [3.8, 4) is 5.69 Å². The fourth-order valence-corrected chi connectivity index (χ4v) is 7.65. The van der Waals surface area contributed by atoms with Gasteiger partial charge in [-0.1, -0.05) is 0 Å². The number of carbonyl (C=O) groups excluding carboxylic acids is 1. The number of hydrogen-bond donors (Lipinski definition) is 0. The number of aromatic nitrogens is 3. The number of fused-ring (bicyclic) bond motifs is 2. The number of halogens is 4. The fourth-order valence-electron chi connectivity index (χ4n) is 5.68. The first kappa shape index (κ1) is 26.2. The fraction of sp³-hybridized carbons (Fsp3) is 0.296. The Morgan fingerprint density at radius 1 is 1.13 bits per heavy atom. The lowest BCUT2D eigenvalue weighted by Gasteiger charge is -2.48. The normalized spacial score (nSPS) is 22.2. The van der Waals surface area contributed by atoms with E-state index in [0.717, 1.165) is 29.1 Å². The van der Waals surface area contributed by atoms with Crippen molar-refractivity contribution in [3.05, 3.63) is 94.0 Å². The van der Waals surface area contributed by atoms with Crippen LogP contribution >= 0.6 is 11.3 Å². The predicted molar refractivity (Wildman–Crippen MR) is 137 cm³/mol. The molecule has 1 aliphatic heterocycles. The summed E-state index contributed by atoms with van der Waals surface area (Å²) in [6, 6.07) is 10.4. The van der Waals surface area contributed by atoms with Gasteiger partial charge in [0.2, 0.25) is 0 Å². The van der Waals surface area contributed by atoms with Crippen LogP contribution in [0.15, 0.2) is 71.2 Å². The lowest BCUT2D eigenvalue weighted by molar-refractivity contribution is -0.137. The molecule has 6 rings (SSSR count). The molecule has 1 aliphatic carbocycles. The summed E-state index contributed by atoms with van der Waals surface area (Å²) in [5, 5.41) is 6.65. The van der Waals surface area contributed by atoms with Gasteiger partial charge in [0.15, 0.2) is 15.7 Å². The number of alkyl halides is 3. The maximum absolute atomic E-state index is 14.0. The van der Waals surface area contributed by atoms with E-state index in [1.54, 1.807) is 38.9 Å². The van der Waals surface area contributed by atoms with Crippen molar-refractivity contribution >= 4 is 28.5 Å². The van der Waals surface area contributed by atoms with Crippen molar-refractivity contribution in [2.75, 3.05) is 13.1 Å². The van der Waals surface area contributed by atoms with Crippen LogP contribution in [0.1, 0.15) is 33.0 Å². The van der Waals surface area contributed by atoms with Crippen LogP contribution in [0, 0.1) is 17.2 Å². The number of carbonyl (C=O) groups is 1. The molecular formula is C27H22F4N4O2S2. The quantitative estimate of drug-likeness (QED) is 0.179. The Morgan fingerprint density at radius 3 is 2.54 bits per heavy atom. The first-order chi connectivity index (χ1) is 18.7. The molecule has 12 heteroatoms. The largest absolute Gasteiger partial charge is 0.593 e. The molecule has 0 radical (unpaired) electrons. The van der Waals surface area contributed by atoms with E-state index in [2.05, 4.69) is 10.1 Å². The summed E-state index contributed by atoms with van der Waals surface area (Å²) < 4.78 is 69.6. The van der Waals surface area contributed by atoms with Gasteiger partial charge in [-0.05, 0) is 79.3 Å². The second kappa shape index (κ2) is 9.84. The highest BCUT2D eigenvalue weighted by Gasteiger charge is 2.55. The molecule has 3 unspecified atom stereocenters. The van der Waals surface area contributed by atoms with E-state index in [1.165, 1.54) is 35.6 Å². The zero-order valence-electron chi connectivity index (χ0n) is 20.4. The maximum Gasteiger partial charge on any atom is 0.416 e. The van der Waals surface area contributed by atoms with Gasteiger partial charge in [0.05, 0.1) is 40.8 Å². The Hall–Kier alpha value is -3.06. The molecule has 202 valence electrons. The monoisotopic (exact) mass is 574 g/mol. The van der Waals surface area contributed by atoms with Gasteiger partial charge in [0.25, 0.3) is 0 Å². The van der Waals surface area contributed by atoms with Crippen LogP contribution in [0.2, 0.25) is 0 Å². The molecule has 1 fully saturated rings. The highest BCUT2D eigenvalue weighted by Crippen LogP contribution is 2.48. The molecule has 0 saturated carbocycles. The van der Waals surface area contributed by atoms with Crippen LogP contribution in [0.4, 0.5) is 17.6 Å². The number of Topliss-reactive ketones (excluding diaryl/α,β-unsaturated/α-hetero) is 1. The smallest absolute Gasteiger partial charge is 0.416 e. The van der Waals surface area contributed by atoms with E-state index >= 15 is 0 Å². The van der Waals surface area contributed by atoms with Gasteiger partial charge in [-0.2, -0.15) is 18.3 Å². The van der Waals surface area contributed by atoms with E-state index in [9.17, 15) is 26.9 Å². The van der Waals surface area contributed by atoms with Gasteiger partial charge in [-0.3, -0.25) is 4.79 Å². The molecule has 39 heavy (non-hydrogen) atoms. The van der Waals surface area contributed by atoms with Crippen molar-refractivity contribution in [1.29, 1.82) is 0 Å². The third-order valence-electron chi connectivity index (χ3n) is 7.64. The van der Waals surface area contributed by atoms with Gasteiger partial charge in [0, 0.05) is 23.8 Å². The van der Waals surface area contributed by atoms with Crippen LogP contribution in [-0.2, 0) is 30.4 Å². The van der Waals surface area contributed by atoms with E-state index < -0.39 is 28.5 Å². The second-order valence-corrected chi connectivity index (χ2v) is 12.2. The van der Waals surface area contributed by atoms with Crippen molar-refractivity contribution in [2.45, 2.75) is 30.3 Å². The topological polar surface area (TPSA) is 74.1 Å². The third-order valence-corrected chi connectivity index (χ3v) is 9.86. The number of nitrogens with zero attached hydrogens (tertiary/aromatic N) is 4. The molecular weight excluding hydrogens is 552 g/mol. The summed E-state index contributed by atoms with van der Waals surface area (Å²) in [6.07, 6.45) is 0.263. The summed E-state index contributed by atoms with van der Waals surface area (Å²) in [5.41, 5.74) is 0.808. The molecule has 3 heterocycles. The van der Waals surface area contributed by atoms with Crippen LogP contribution in [0.5, 0.6) is 0 Å².